The summed E-state index contributed by atoms with van der Waals surface area (Å²) >= 11 is 0. The monoisotopic (exact) mass is 485 g/mol. The van der Waals surface area contributed by atoms with E-state index in [1.54, 1.807) is 13.0 Å². The number of carbonyl (C=O) groups excluding carboxylic acids is 2. The number of phenolic OH excluding ortho intramolecular Hbond substituents is 2. The molecule has 6 unspecified atom stereocenters. The molecule has 2 aromatic rings. The number of ketones is 2. The number of nitrogens with two attached hydrogens (primary N) is 1. The van der Waals surface area contributed by atoms with E-state index in [1.807, 2.05) is 0 Å². The quantitative estimate of drug-likeness (QED) is 0.333. The van der Waals surface area contributed by atoms with Crippen LogP contribution in [0.15, 0.2) is 18.2 Å². The number of benzene rings is 2. The number of hydrogen-bond donors (Lipinski definition) is 5. The predicted molar refractivity (Wildman–Crippen MR) is 121 cm³/mol. The zero-order valence-electron chi connectivity index (χ0n) is 19.2. The molecule has 0 aromatic heterocycles. The molecule has 1 aliphatic heterocycles. The lowest BCUT2D eigenvalue weighted by atomic mass is 9.76. The van der Waals surface area contributed by atoms with Crippen molar-refractivity contribution in [3.63, 3.8) is 0 Å². The van der Waals surface area contributed by atoms with E-state index in [1.165, 1.54) is 19.2 Å². The Labute approximate surface area is 200 Å². The van der Waals surface area contributed by atoms with Crippen molar-refractivity contribution in [3.05, 3.63) is 51.6 Å². The van der Waals surface area contributed by atoms with Gasteiger partial charge >= 0.3 is 0 Å². The summed E-state index contributed by atoms with van der Waals surface area (Å²) in [4.78, 5) is 26.9. The van der Waals surface area contributed by atoms with Gasteiger partial charge in [0.25, 0.3) is 0 Å². The van der Waals surface area contributed by atoms with E-state index in [4.69, 9.17) is 19.9 Å². The first-order valence-electron chi connectivity index (χ1n) is 11.4. The predicted octanol–water partition coefficient (Wildman–Crippen LogP) is 0.722. The van der Waals surface area contributed by atoms with Gasteiger partial charge < -0.3 is 40.4 Å². The zero-order chi connectivity index (χ0) is 25.2. The van der Waals surface area contributed by atoms with Crippen molar-refractivity contribution in [2.24, 2.45) is 5.73 Å². The fraction of sp³-hybridized carbons (Fsp3) is 0.440. The molecule has 2 aromatic carbocycles. The van der Waals surface area contributed by atoms with Gasteiger partial charge in [0.1, 0.15) is 17.2 Å². The first-order chi connectivity index (χ1) is 16.6. The maximum atomic E-state index is 13.5. The van der Waals surface area contributed by atoms with E-state index < -0.39 is 59.6 Å². The Morgan fingerprint density at radius 1 is 1.06 bits per heavy atom. The second-order valence-electron chi connectivity index (χ2n) is 9.24. The number of phenols is 2. The fourth-order valence-electron chi connectivity index (χ4n) is 5.31. The Morgan fingerprint density at radius 3 is 2.49 bits per heavy atom. The van der Waals surface area contributed by atoms with E-state index in [2.05, 4.69) is 0 Å². The summed E-state index contributed by atoms with van der Waals surface area (Å²) in [5.74, 6) is -2.13. The third kappa shape index (κ3) is 3.52. The molecule has 10 nitrogen and oxygen atoms in total. The van der Waals surface area contributed by atoms with Gasteiger partial charge in [-0.1, -0.05) is 12.1 Å². The Bertz CT molecular complexity index is 1230. The highest BCUT2D eigenvalue weighted by Gasteiger charge is 2.44. The normalized spacial score (nSPS) is 29.9. The van der Waals surface area contributed by atoms with Crippen LogP contribution in [0.25, 0.3) is 0 Å². The third-order valence-corrected chi connectivity index (χ3v) is 7.18. The van der Waals surface area contributed by atoms with Gasteiger partial charge in [-0.25, -0.2) is 0 Å². The highest BCUT2D eigenvalue weighted by molar-refractivity contribution is 6.31. The summed E-state index contributed by atoms with van der Waals surface area (Å²) in [6.45, 7) is 1.76. The maximum Gasteiger partial charge on any atom is 0.202 e. The average molecular weight is 485 g/mol. The Balaban J connectivity index is 1.64. The van der Waals surface area contributed by atoms with Crippen LogP contribution in [0.3, 0.4) is 0 Å². The molecule has 1 saturated heterocycles. The second-order valence-corrected chi connectivity index (χ2v) is 9.24. The number of ether oxygens (including phenoxy) is 3. The van der Waals surface area contributed by atoms with E-state index in [0.29, 0.717) is 0 Å². The molecule has 0 amide bonds. The average Bonchev–Trinajstić information content (AvgIpc) is 2.84. The summed E-state index contributed by atoms with van der Waals surface area (Å²) in [6.07, 6.45) is -4.21. The molecular formula is C25H27NO9. The lowest BCUT2D eigenvalue weighted by Crippen LogP contribution is -2.57. The molecule has 0 bridgehead atoms. The number of fused-ring (bicyclic) bond motifs is 3. The minimum absolute atomic E-state index is 0.00437. The molecule has 6 N–H and O–H groups in total. The fourth-order valence-corrected chi connectivity index (χ4v) is 5.31. The minimum Gasteiger partial charge on any atom is -0.507 e. The van der Waals surface area contributed by atoms with Crippen LogP contribution in [-0.4, -0.2) is 76.2 Å². The summed E-state index contributed by atoms with van der Waals surface area (Å²) in [6, 6.07) is 3.74. The number of rotatable bonds is 3. The molecule has 5 rings (SSSR count). The van der Waals surface area contributed by atoms with Gasteiger partial charge in [-0.2, -0.15) is 0 Å². The Hall–Kier alpha value is -3.02. The van der Waals surface area contributed by atoms with Gasteiger partial charge in [0, 0.05) is 29.5 Å². The first-order valence-corrected chi connectivity index (χ1v) is 11.4. The van der Waals surface area contributed by atoms with Crippen molar-refractivity contribution >= 4 is 11.6 Å². The number of hydrogen-bond acceptors (Lipinski definition) is 10. The van der Waals surface area contributed by atoms with Gasteiger partial charge in [-0.3, -0.25) is 9.59 Å². The SMILES string of the molecule is COc1cccc2c1C(=O)c1c(O)c3c(c(O)c1C2=O)CC(O)CC3OC1COC(C)C(O)C1N. The molecule has 1 fully saturated rings. The lowest BCUT2D eigenvalue weighted by molar-refractivity contribution is -0.167. The van der Waals surface area contributed by atoms with Crippen molar-refractivity contribution in [2.75, 3.05) is 13.7 Å². The highest BCUT2D eigenvalue weighted by atomic mass is 16.6. The van der Waals surface area contributed by atoms with Crippen molar-refractivity contribution in [3.8, 4) is 17.2 Å². The van der Waals surface area contributed by atoms with E-state index in [9.17, 15) is 30.0 Å². The van der Waals surface area contributed by atoms with Gasteiger partial charge in [-0.15, -0.1) is 0 Å². The van der Waals surface area contributed by atoms with E-state index in [0.717, 1.165) is 0 Å². The number of aromatic hydroxyl groups is 2. The third-order valence-electron chi connectivity index (χ3n) is 7.18. The van der Waals surface area contributed by atoms with Crippen LogP contribution in [0, 0.1) is 0 Å². The standard InChI is InChI=1S/C25H27NO9/c1-9-21(28)20(26)15(8-34-9)35-14-7-10(27)6-12-17(14)25(32)19-18(23(12)30)22(29)11-4-3-5-13(33-2)16(11)24(19)31/h3-5,9-10,14-15,20-21,27-28,30,32H,6-8,26H2,1-2H3. The molecular weight excluding hydrogens is 458 g/mol. The maximum absolute atomic E-state index is 13.5. The Morgan fingerprint density at radius 2 is 1.77 bits per heavy atom. The van der Waals surface area contributed by atoms with Crippen molar-refractivity contribution in [1.82, 2.24) is 0 Å². The molecule has 0 radical (unpaired) electrons. The van der Waals surface area contributed by atoms with Crippen LogP contribution in [0.1, 0.15) is 62.4 Å². The van der Waals surface area contributed by atoms with Crippen molar-refractivity contribution < 1.29 is 44.2 Å². The van der Waals surface area contributed by atoms with Crippen LogP contribution in [-0.2, 0) is 15.9 Å². The van der Waals surface area contributed by atoms with Gasteiger partial charge in [0.2, 0.25) is 5.78 Å². The van der Waals surface area contributed by atoms with Crippen LogP contribution in [0.5, 0.6) is 17.2 Å². The van der Waals surface area contributed by atoms with Gasteiger partial charge in [-0.05, 0) is 13.0 Å². The van der Waals surface area contributed by atoms with Crippen LogP contribution >= 0.6 is 0 Å². The molecule has 2 aliphatic carbocycles. The Kier molecular flexibility index (Phi) is 5.81. The number of methoxy groups -OCH3 is 1. The summed E-state index contributed by atoms with van der Waals surface area (Å²) < 4.78 is 16.9. The molecule has 3 aliphatic rings. The topological polar surface area (TPSA) is 169 Å². The number of aliphatic hydroxyl groups is 2. The minimum atomic E-state index is -0.990. The van der Waals surface area contributed by atoms with Crippen molar-refractivity contribution in [2.45, 2.75) is 56.3 Å². The first kappa shape index (κ1) is 23.7. The summed E-state index contributed by atoms with van der Waals surface area (Å²) in [5, 5.41) is 43.3. The van der Waals surface area contributed by atoms with Gasteiger partial charge in [0.15, 0.2) is 5.78 Å². The summed E-state index contributed by atoms with van der Waals surface area (Å²) in [7, 11) is 1.36. The molecule has 35 heavy (non-hydrogen) atoms. The van der Waals surface area contributed by atoms with Crippen molar-refractivity contribution in [1.29, 1.82) is 0 Å². The van der Waals surface area contributed by atoms with E-state index in [-0.39, 0.29) is 58.6 Å². The molecule has 0 spiro atoms. The smallest absolute Gasteiger partial charge is 0.202 e. The molecule has 6 atom stereocenters. The molecule has 10 heteroatoms. The number of aliphatic hydroxyl groups excluding tert-OH is 2. The van der Waals surface area contributed by atoms with Crippen LogP contribution in [0.4, 0.5) is 0 Å². The second kappa shape index (κ2) is 8.58. The van der Waals surface area contributed by atoms with Crippen LogP contribution in [0.2, 0.25) is 0 Å². The highest BCUT2D eigenvalue weighted by Crippen LogP contribution is 2.50. The number of carbonyl (C=O) groups is 2. The van der Waals surface area contributed by atoms with Gasteiger partial charge in [0.05, 0.1) is 67.0 Å². The molecule has 1 heterocycles. The largest absolute Gasteiger partial charge is 0.507 e. The zero-order valence-corrected chi connectivity index (χ0v) is 19.2. The molecule has 0 saturated carbocycles. The lowest BCUT2D eigenvalue weighted by Gasteiger charge is -2.40. The summed E-state index contributed by atoms with van der Waals surface area (Å²) in [5.41, 5.74) is 5.76. The molecule has 186 valence electrons. The van der Waals surface area contributed by atoms with Crippen LogP contribution < -0.4 is 10.5 Å². The van der Waals surface area contributed by atoms with E-state index >= 15 is 0 Å².